The van der Waals surface area contributed by atoms with Crippen LogP contribution in [0.4, 0.5) is 5.69 Å². The van der Waals surface area contributed by atoms with Gasteiger partial charge in [-0.25, -0.2) is 0 Å². The van der Waals surface area contributed by atoms with E-state index in [-0.39, 0.29) is 5.91 Å². The number of hydrogen-bond acceptors (Lipinski definition) is 4. The molecule has 1 aliphatic rings. The molecule has 1 aliphatic heterocycles. The number of hydrogen-bond donors (Lipinski definition) is 1. The maximum Gasteiger partial charge on any atom is 0.219 e. The van der Waals surface area contributed by atoms with E-state index in [2.05, 4.69) is 9.88 Å². The molecule has 1 atom stereocenters. The Morgan fingerprint density at radius 3 is 2.53 bits per heavy atom. The van der Waals surface area contributed by atoms with E-state index in [0.29, 0.717) is 12.1 Å². The minimum absolute atomic E-state index is 0.138. The average molecular weight is 263 g/mol. The van der Waals surface area contributed by atoms with Crippen LogP contribution in [0.5, 0.6) is 0 Å². The van der Waals surface area contributed by atoms with Gasteiger partial charge in [-0.05, 0) is 18.6 Å². The molecule has 1 aromatic heterocycles. The molecule has 5 heteroatoms. The van der Waals surface area contributed by atoms with E-state index in [1.807, 2.05) is 24.0 Å². The van der Waals surface area contributed by atoms with Gasteiger partial charge in [-0.1, -0.05) is 6.92 Å². The van der Waals surface area contributed by atoms with Gasteiger partial charge in [-0.15, -0.1) is 0 Å². The SMILES string of the molecule is CCC(O)c1ccc(N2CCN(C(C)=O)CC2)cn1. The first-order valence-electron chi connectivity index (χ1n) is 6.76. The highest BCUT2D eigenvalue weighted by molar-refractivity contribution is 5.73. The number of pyridine rings is 1. The van der Waals surface area contributed by atoms with E-state index < -0.39 is 6.10 Å². The minimum atomic E-state index is -0.483. The van der Waals surface area contributed by atoms with Crippen molar-refractivity contribution in [2.75, 3.05) is 31.1 Å². The summed E-state index contributed by atoms with van der Waals surface area (Å²) in [5, 5.41) is 9.71. The van der Waals surface area contributed by atoms with Crippen molar-refractivity contribution < 1.29 is 9.90 Å². The fourth-order valence-electron chi connectivity index (χ4n) is 2.27. The summed E-state index contributed by atoms with van der Waals surface area (Å²) in [6, 6.07) is 3.87. The summed E-state index contributed by atoms with van der Waals surface area (Å²) in [5.41, 5.74) is 1.77. The predicted octanol–water partition coefficient (Wildman–Crippen LogP) is 1.19. The number of rotatable bonds is 3. The lowest BCUT2D eigenvalue weighted by molar-refractivity contribution is -0.129. The Labute approximate surface area is 113 Å². The summed E-state index contributed by atoms with van der Waals surface area (Å²) in [7, 11) is 0. The van der Waals surface area contributed by atoms with Crippen molar-refractivity contribution in [1.29, 1.82) is 0 Å². The molecule has 1 saturated heterocycles. The van der Waals surface area contributed by atoms with Crippen molar-refractivity contribution in [3.05, 3.63) is 24.0 Å². The molecule has 2 rings (SSSR count). The molecule has 0 radical (unpaired) electrons. The number of piperazine rings is 1. The van der Waals surface area contributed by atoms with Crippen LogP contribution in [-0.2, 0) is 4.79 Å². The van der Waals surface area contributed by atoms with Gasteiger partial charge in [0, 0.05) is 33.1 Å². The van der Waals surface area contributed by atoms with Crippen LogP contribution in [-0.4, -0.2) is 47.1 Å². The zero-order valence-corrected chi connectivity index (χ0v) is 11.5. The average Bonchev–Trinajstić information content (AvgIpc) is 2.46. The molecule has 0 spiro atoms. The zero-order chi connectivity index (χ0) is 13.8. The summed E-state index contributed by atoms with van der Waals surface area (Å²) >= 11 is 0. The van der Waals surface area contributed by atoms with Crippen LogP contribution >= 0.6 is 0 Å². The van der Waals surface area contributed by atoms with E-state index in [0.717, 1.165) is 31.9 Å². The van der Waals surface area contributed by atoms with E-state index in [1.54, 1.807) is 13.1 Å². The smallest absolute Gasteiger partial charge is 0.219 e. The van der Waals surface area contributed by atoms with Crippen molar-refractivity contribution in [2.45, 2.75) is 26.4 Å². The first kappa shape index (κ1) is 13.8. The van der Waals surface area contributed by atoms with Crippen molar-refractivity contribution in [1.82, 2.24) is 9.88 Å². The summed E-state index contributed by atoms with van der Waals surface area (Å²) < 4.78 is 0. The van der Waals surface area contributed by atoms with Crippen LogP contribution in [0.3, 0.4) is 0 Å². The summed E-state index contributed by atoms with van der Waals surface area (Å²) in [6.07, 6.45) is 1.99. The van der Waals surface area contributed by atoms with Gasteiger partial charge in [0.05, 0.1) is 23.7 Å². The van der Waals surface area contributed by atoms with Gasteiger partial charge in [0.1, 0.15) is 0 Å². The molecule has 2 heterocycles. The van der Waals surface area contributed by atoms with Crippen LogP contribution in [0.1, 0.15) is 32.1 Å². The Kier molecular flexibility index (Phi) is 4.37. The number of aromatic nitrogens is 1. The van der Waals surface area contributed by atoms with Crippen LogP contribution in [0.25, 0.3) is 0 Å². The van der Waals surface area contributed by atoms with Crippen molar-refractivity contribution in [2.24, 2.45) is 0 Å². The summed E-state index contributed by atoms with van der Waals surface area (Å²) in [5.74, 6) is 0.138. The van der Waals surface area contributed by atoms with Gasteiger partial charge in [-0.2, -0.15) is 0 Å². The molecule has 1 amide bonds. The zero-order valence-electron chi connectivity index (χ0n) is 11.5. The van der Waals surface area contributed by atoms with Gasteiger partial charge in [-0.3, -0.25) is 9.78 Å². The van der Waals surface area contributed by atoms with Crippen LogP contribution in [0, 0.1) is 0 Å². The Hall–Kier alpha value is -1.62. The predicted molar refractivity (Wildman–Crippen MR) is 74.0 cm³/mol. The topological polar surface area (TPSA) is 56.7 Å². The normalized spacial score (nSPS) is 17.4. The molecule has 1 N–H and O–H groups in total. The van der Waals surface area contributed by atoms with Crippen LogP contribution < -0.4 is 4.90 Å². The van der Waals surface area contributed by atoms with Crippen LogP contribution in [0.15, 0.2) is 18.3 Å². The van der Waals surface area contributed by atoms with Gasteiger partial charge < -0.3 is 14.9 Å². The minimum Gasteiger partial charge on any atom is -0.387 e. The lowest BCUT2D eigenvalue weighted by Crippen LogP contribution is -2.48. The van der Waals surface area contributed by atoms with Gasteiger partial charge in [0.2, 0.25) is 5.91 Å². The number of aliphatic hydroxyl groups is 1. The molecule has 0 saturated carbocycles. The lowest BCUT2D eigenvalue weighted by atomic mass is 10.2. The highest BCUT2D eigenvalue weighted by Crippen LogP contribution is 2.19. The van der Waals surface area contributed by atoms with Gasteiger partial charge in [0.15, 0.2) is 0 Å². The Morgan fingerprint density at radius 2 is 2.05 bits per heavy atom. The fourth-order valence-corrected chi connectivity index (χ4v) is 2.27. The summed E-state index contributed by atoms with van der Waals surface area (Å²) in [6.45, 7) is 6.72. The maximum atomic E-state index is 11.3. The van der Waals surface area contributed by atoms with Crippen LogP contribution in [0.2, 0.25) is 0 Å². The van der Waals surface area contributed by atoms with E-state index in [9.17, 15) is 9.90 Å². The third-order valence-electron chi connectivity index (χ3n) is 3.59. The second-order valence-corrected chi connectivity index (χ2v) is 4.86. The van der Waals surface area contributed by atoms with E-state index in [4.69, 9.17) is 0 Å². The standard InChI is InChI=1S/C14H21N3O2/c1-3-14(19)13-5-4-12(10-15-13)17-8-6-16(7-9-17)11(2)18/h4-5,10,14,19H,3,6-9H2,1-2H3. The number of anilines is 1. The van der Waals surface area contributed by atoms with Crippen molar-refractivity contribution in [3.63, 3.8) is 0 Å². The Morgan fingerprint density at radius 1 is 1.37 bits per heavy atom. The number of nitrogens with zero attached hydrogens (tertiary/aromatic N) is 3. The van der Waals surface area contributed by atoms with Gasteiger partial charge in [0.25, 0.3) is 0 Å². The molecule has 19 heavy (non-hydrogen) atoms. The largest absolute Gasteiger partial charge is 0.387 e. The first-order chi connectivity index (χ1) is 9.11. The number of aliphatic hydroxyl groups excluding tert-OH is 1. The highest BCUT2D eigenvalue weighted by Gasteiger charge is 2.19. The quantitative estimate of drug-likeness (QED) is 0.890. The second kappa shape index (κ2) is 6.02. The fraction of sp³-hybridized carbons (Fsp3) is 0.571. The molecule has 5 nitrogen and oxygen atoms in total. The molecule has 104 valence electrons. The van der Waals surface area contributed by atoms with Crippen molar-refractivity contribution >= 4 is 11.6 Å². The molecular formula is C14H21N3O2. The number of carbonyl (C=O) groups is 1. The molecule has 1 aromatic rings. The second-order valence-electron chi connectivity index (χ2n) is 4.86. The number of amides is 1. The van der Waals surface area contributed by atoms with E-state index >= 15 is 0 Å². The molecule has 0 bridgehead atoms. The first-order valence-corrected chi connectivity index (χ1v) is 6.76. The molecule has 0 aliphatic carbocycles. The molecule has 1 unspecified atom stereocenters. The van der Waals surface area contributed by atoms with Gasteiger partial charge >= 0.3 is 0 Å². The molecule has 1 fully saturated rings. The van der Waals surface area contributed by atoms with E-state index in [1.165, 1.54) is 0 Å². The van der Waals surface area contributed by atoms with Crippen molar-refractivity contribution in [3.8, 4) is 0 Å². The summed E-state index contributed by atoms with van der Waals surface area (Å²) in [4.78, 5) is 19.6. The Bertz CT molecular complexity index is 425. The monoisotopic (exact) mass is 263 g/mol. The third kappa shape index (κ3) is 3.23. The lowest BCUT2D eigenvalue weighted by Gasteiger charge is -2.35. The third-order valence-corrected chi connectivity index (χ3v) is 3.59. The molecule has 0 aromatic carbocycles. The number of carbonyl (C=O) groups excluding carboxylic acids is 1. The maximum absolute atomic E-state index is 11.3. The highest BCUT2D eigenvalue weighted by atomic mass is 16.3. The molecular weight excluding hydrogens is 242 g/mol. The Balaban J connectivity index is 1.98.